The van der Waals surface area contributed by atoms with Crippen molar-refractivity contribution in [3.05, 3.63) is 28.8 Å². The van der Waals surface area contributed by atoms with Gasteiger partial charge in [0.2, 0.25) is 5.78 Å². The molecule has 0 aliphatic rings. The minimum Gasteiger partial charge on any atom is -0.492 e. The zero-order chi connectivity index (χ0) is 11.4. The molecule has 0 unspecified atom stereocenters. The van der Waals surface area contributed by atoms with Gasteiger partial charge in [0.15, 0.2) is 0 Å². The SMILES string of the molecule is CCOc1ccc(C(=O)C(N)=O)cc1Cl. The van der Waals surface area contributed by atoms with Gasteiger partial charge in [-0.25, -0.2) is 0 Å². The number of hydrogen-bond acceptors (Lipinski definition) is 3. The number of hydrogen-bond donors (Lipinski definition) is 1. The highest BCUT2D eigenvalue weighted by Gasteiger charge is 2.13. The van der Waals surface area contributed by atoms with Gasteiger partial charge in [-0.05, 0) is 25.1 Å². The monoisotopic (exact) mass is 227 g/mol. The molecule has 0 heterocycles. The van der Waals surface area contributed by atoms with Crippen LogP contribution in [0.3, 0.4) is 0 Å². The van der Waals surface area contributed by atoms with Gasteiger partial charge in [0.25, 0.3) is 5.91 Å². The van der Waals surface area contributed by atoms with Crippen LogP contribution in [0.4, 0.5) is 0 Å². The third-order valence-corrected chi connectivity index (χ3v) is 2.01. The second kappa shape index (κ2) is 4.79. The summed E-state index contributed by atoms with van der Waals surface area (Å²) in [7, 11) is 0. The molecule has 1 aromatic rings. The van der Waals surface area contributed by atoms with Crippen LogP contribution >= 0.6 is 11.6 Å². The van der Waals surface area contributed by atoms with Crippen LogP contribution in [0.25, 0.3) is 0 Å². The summed E-state index contributed by atoms with van der Waals surface area (Å²) in [6, 6.07) is 4.34. The fourth-order valence-electron chi connectivity index (χ4n) is 1.06. The highest BCUT2D eigenvalue weighted by atomic mass is 35.5. The first kappa shape index (κ1) is 11.5. The number of benzene rings is 1. The average Bonchev–Trinajstić information content (AvgIpc) is 2.20. The van der Waals surface area contributed by atoms with E-state index in [1.54, 1.807) is 0 Å². The Labute approximate surface area is 92.0 Å². The van der Waals surface area contributed by atoms with Crippen molar-refractivity contribution in [1.82, 2.24) is 0 Å². The number of rotatable bonds is 4. The Bertz CT molecular complexity index is 404. The number of amides is 1. The Hall–Kier alpha value is -1.55. The van der Waals surface area contributed by atoms with Crippen molar-refractivity contribution in [3.8, 4) is 5.75 Å². The Morgan fingerprint density at radius 1 is 1.47 bits per heavy atom. The molecule has 0 aliphatic carbocycles. The molecule has 1 rings (SSSR count). The van der Waals surface area contributed by atoms with Gasteiger partial charge in [0.1, 0.15) is 5.75 Å². The highest BCUT2D eigenvalue weighted by molar-refractivity contribution is 6.43. The molecule has 0 saturated heterocycles. The molecule has 80 valence electrons. The smallest absolute Gasteiger partial charge is 0.289 e. The van der Waals surface area contributed by atoms with E-state index in [1.165, 1.54) is 18.2 Å². The maximum Gasteiger partial charge on any atom is 0.289 e. The predicted molar refractivity (Wildman–Crippen MR) is 56.1 cm³/mol. The Morgan fingerprint density at radius 2 is 2.13 bits per heavy atom. The Kier molecular flexibility index (Phi) is 3.68. The highest BCUT2D eigenvalue weighted by Crippen LogP contribution is 2.25. The number of ketones is 1. The molecule has 5 heteroatoms. The molecule has 4 nitrogen and oxygen atoms in total. The first-order chi connectivity index (χ1) is 7.06. The normalized spacial score (nSPS) is 9.73. The second-order valence-corrected chi connectivity index (χ2v) is 3.18. The van der Waals surface area contributed by atoms with Gasteiger partial charge < -0.3 is 10.5 Å². The van der Waals surface area contributed by atoms with E-state index in [2.05, 4.69) is 0 Å². The lowest BCUT2D eigenvalue weighted by atomic mass is 10.1. The van der Waals surface area contributed by atoms with Crippen molar-refractivity contribution >= 4 is 23.3 Å². The Morgan fingerprint density at radius 3 is 2.60 bits per heavy atom. The number of ether oxygens (including phenoxy) is 1. The minimum absolute atomic E-state index is 0.163. The first-order valence-corrected chi connectivity index (χ1v) is 4.70. The summed E-state index contributed by atoms with van der Waals surface area (Å²) in [5, 5.41) is 0.281. The molecule has 0 aromatic heterocycles. The number of halogens is 1. The summed E-state index contributed by atoms with van der Waals surface area (Å²) in [6.07, 6.45) is 0. The predicted octanol–water partition coefficient (Wildman–Crippen LogP) is 1.41. The maximum atomic E-state index is 11.2. The van der Waals surface area contributed by atoms with Crippen molar-refractivity contribution in [2.75, 3.05) is 6.61 Å². The molecule has 0 aliphatic heterocycles. The molecule has 1 amide bonds. The summed E-state index contributed by atoms with van der Waals surface area (Å²) in [5.41, 5.74) is 5.01. The third-order valence-electron chi connectivity index (χ3n) is 1.72. The largest absolute Gasteiger partial charge is 0.492 e. The molecule has 0 saturated carbocycles. The summed E-state index contributed by atoms with van der Waals surface area (Å²) < 4.78 is 5.17. The molecule has 1 aromatic carbocycles. The fraction of sp³-hybridized carbons (Fsp3) is 0.200. The van der Waals surface area contributed by atoms with E-state index in [0.717, 1.165) is 0 Å². The quantitative estimate of drug-likeness (QED) is 0.625. The Balaban J connectivity index is 3.01. The van der Waals surface area contributed by atoms with Crippen LogP contribution < -0.4 is 10.5 Å². The van der Waals surface area contributed by atoms with E-state index in [9.17, 15) is 9.59 Å². The van der Waals surface area contributed by atoms with E-state index in [0.29, 0.717) is 12.4 Å². The molecule has 0 radical (unpaired) electrons. The molecule has 15 heavy (non-hydrogen) atoms. The van der Waals surface area contributed by atoms with Crippen LogP contribution in [0.1, 0.15) is 17.3 Å². The lowest BCUT2D eigenvalue weighted by molar-refractivity contribution is -0.114. The van der Waals surface area contributed by atoms with Crippen LogP contribution in [-0.2, 0) is 4.79 Å². The van der Waals surface area contributed by atoms with Gasteiger partial charge in [-0.2, -0.15) is 0 Å². The third kappa shape index (κ3) is 2.70. The summed E-state index contributed by atoms with van der Waals surface area (Å²) in [5.74, 6) is -1.30. The van der Waals surface area contributed by atoms with E-state index in [1.807, 2.05) is 6.92 Å². The van der Waals surface area contributed by atoms with Gasteiger partial charge in [-0.15, -0.1) is 0 Å². The van der Waals surface area contributed by atoms with E-state index in [-0.39, 0.29) is 10.6 Å². The first-order valence-electron chi connectivity index (χ1n) is 4.32. The lowest BCUT2D eigenvalue weighted by Gasteiger charge is -2.06. The average molecular weight is 228 g/mol. The lowest BCUT2D eigenvalue weighted by Crippen LogP contribution is -2.22. The number of Topliss-reactive ketones (excluding diaryl/α,β-unsaturated/α-hetero) is 1. The van der Waals surface area contributed by atoms with Crippen LogP contribution in [0.5, 0.6) is 5.75 Å². The second-order valence-electron chi connectivity index (χ2n) is 2.77. The van der Waals surface area contributed by atoms with Crippen LogP contribution in [-0.4, -0.2) is 18.3 Å². The van der Waals surface area contributed by atoms with Gasteiger partial charge in [-0.3, -0.25) is 9.59 Å². The molecule has 0 atom stereocenters. The van der Waals surface area contributed by atoms with Crippen molar-refractivity contribution in [1.29, 1.82) is 0 Å². The molecule has 0 spiro atoms. The molecule has 0 fully saturated rings. The number of nitrogens with two attached hydrogens (primary N) is 1. The van der Waals surface area contributed by atoms with E-state index in [4.69, 9.17) is 22.1 Å². The molecular formula is C10H10ClNO3. The van der Waals surface area contributed by atoms with Crippen LogP contribution in [0, 0.1) is 0 Å². The van der Waals surface area contributed by atoms with Crippen molar-refractivity contribution < 1.29 is 14.3 Å². The number of primary amides is 1. The van der Waals surface area contributed by atoms with E-state index >= 15 is 0 Å². The van der Waals surface area contributed by atoms with E-state index < -0.39 is 11.7 Å². The van der Waals surface area contributed by atoms with Gasteiger partial charge in [0.05, 0.1) is 11.6 Å². The number of carbonyl (C=O) groups is 2. The summed E-state index contributed by atoms with van der Waals surface area (Å²) in [4.78, 5) is 21.8. The zero-order valence-corrected chi connectivity index (χ0v) is 8.88. The van der Waals surface area contributed by atoms with Gasteiger partial charge in [0, 0.05) is 5.56 Å². The zero-order valence-electron chi connectivity index (χ0n) is 8.12. The van der Waals surface area contributed by atoms with Gasteiger partial charge in [-0.1, -0.05) is 11.6 Å². The van der Waals surface area contributed by atoms with Crippen LogP contribution in [0.15, 0.2) is 18.2 Å². The number of carbonyl (C=O) groups excluding carboxylic acids is 2. The fourth-order valence-corrected chi connectivity index (χ4v) is 1.29. The standard InChI is InChI=1S/C10H10ClNO3/c1-2-15-8-4-3-6(5-7(8)11)9(13)10(12)14/h3-5H,2H2,1H3,(H2,12,14). The van der Waals surface area contributed by atoms with Gasteiger partial charge >= 0.3 is 0 Å². The molecular weight excluding hydrogens is 218 g/mol. The summed E-state index contributed by atoms with van der Waals surface area (Å²) >= 11 is 5.83. The maximum absolute atomic E-state index is 11.2. The van der Waals surface area contributed by atoms with Crippen molar-refractivity contribution in [2.45, 2.75) is 6.92 Å². The van der Waals surface area contributed by atoms with Crippen molar-refractivity contribution in [3.63, 3.8) is 0 Å². The van der Waals surface area contributed by atoms with Crippen molar-refractivity contribution in [2.24, 2.45) is 5.73 Å². The van der Waals surface area contributed by atoms with Crippen LogP contribution in [0.2, 0.25) is 5.02 Å². The summed E-state index contributed by atoms with van der Waals surface area (Å²) in [6.45, 7) is 2.29. The topological polar surface area (TPSA) is 69.4 Å². The molecule has 0 bridgehead atoms. The molecule has 2 N–H and O–H groups in total. The minimum atomic E-state index is -1.00.